The van der Waals surface area contributed by atoms with Crippen molar-refractivity contribution < 1.29 is 8.42 Å². The second-order valence-corrected chi connectivity index (χ2v) is 6.68. The van der Waals surface area contributed by atoms with Gasteiger partial charge in [0.2, 0.25) is 15.0 Å². The van der Waals surface area contributed by atoms with Gasteiger partial charge in [0.05, 0.1) is 0 Å². The van der Waals surface area contributed by atoms with Crippen LogP contribution in [0.1, 0.15) is 20.3 Å². The van der Waals surface area contributed by atoms with Gasteiger partial charge in [0, 0.05) is 44.0 Å². The number of sulfone groups is 1. The smallest absolute Gasteiger partial charge is 0.246 e. The molecule has 0 fully saturated rings. The summed E-state index contributed by atoms with van der Waals surface area (Å²) in [6.45, 7) is 4.84. The Kier molecular flexibility index (Phi) is 5.88. The Bertz CT molecular complexity index is 596. The van der Waals surface area contributed by atoms with Crippen molar-refractivity contribution in [1.29, 1.82) is 0 Å². The zero-order chi connectivity index (χ0) is 15.2. The van der Waals surface area contributed by atoms with Crippen LogP contribution >= 0.6 is 0 Å². The highest BCUT2D eigenvalue weighted by Gasteiger charge is 2.11. The Balaban J connectivity index is 2.99. The molecule has 110 valence electrons. The highest BCUT2D eigenvalue weighted by molar-refractivity contribution is 8.05. The second-order valence-electron chi connectivity index (χ2n) is 4.77. The summed E-state index contributed by atoms with van der Waals surface area (Å²) in [6.07, 6.45) is 10.6. The Morgan fingerprint density at radius 2 is 2.20 bits per heavy atom. The maximum atomic E-state index is 11.6. The first-order valence-electron chi connectivity index (χ1n) is 6.39. The van der Waals surface area contributed by atoms with Crippen LogP contribution in [0.4, 0.5) is 0 Å². The average molecular weight is 295 g/mol. The lowest BCUT2D eigenvalue weighted by Gasteiger charge is -2.19. The minimum Gasteiger partial charge on any atom is -0.376 e. The van der Waals surface area contributed by atoms with E-state index in [0.717, 1.165) is 24.8 Å². The highest BCUT2D eigenvalue weighted by Crippen LogP contribution is 2.10. The van der Waals surface area contributed by atoms with Crippen molar-refractivity contribution in [2.75, 3.05) is 19.8 Å². The van der Waals surface area contributed by atoms with Gasteiger partial charge in [-0.25, -0.2) is 18.4 Å². The number of aliphatic imine (C=N–C) groups is 2. The Morgan fingerprint density at radius 3 is 2.75 bits per heavy atom. The first kappa shape index (κ1) is 16.4. The third-order valence-electron chi connectivity index (χ3n) is 2.46. The van der Waals surface area contributed by atoms with E-state index in [-0.39, 0.29) is 5.17 Å². The van der Waals surface area contributed by atoms with E-state index >= 15 is 0 Å². The summed E-state index contributed by atoms with van der Waals surface area (Å²) in [5.41, 5.74) is 2.05. The molecule has 1 heterocycles. The van der Waals surface area contributed by atoms with Crippen LogP contribution in [0.2, 0.25) is 0 Å². The molecule has 0 bridgehead atoms. The Hall–Kier alpha value is -1.69. The molecule has 0 atom stereocenters. The largest absolute Gasteiger partial charge is 0.376 e. The van der Waals surface area contributed by atoms with Crippen LogP contribution in [0, 0.1) is 0 Å². The SMILES string of the molecule is CC/C=C/N=C(\N=C\C1=CN(C)CC(C)=C1)S(C)(=O)=O. The monoisotopic (exact) mass is 295 g/mol. The summed E-state index contributed by atoms with van der Waals surface area (Å²) in [7, 11) is -1.48. The van der Waals surface area contributed by atoms with Crippen molar-refractivity contribution >= 4 is 21.2 Å². The zero-order valence-electron chi connectivity index (χ0n) is 12.4. The van der Waals surface area contributed by atoms with Crippen LogP contribution < -0.4 is 0 Å². The molecule has 1 rings (SSSR count). The number of likely N-dealkylation sites (N-methyl/N-ethyl adjacent to an activating group) is 1. The molecular weight excluding hydrogens is 274 g/mol. The minimum absolute atomic E-state index is 0.178. The molecule has 5 nitrogen and oxygen atoms in total. The van der Waals surface area contributed by atoms with Crippen molar-refractivity contribution in [3.8, 4) is 0 Å². The van der Waals surface area contributed by atoms with E-state index in [1.54, 1.807) is 6.08 Å². The summed E-state index contributed by atoms with van der Waals surface area (Å²) in [5.74, 6) is 0. The predicted molar refractivity (Wildman–Crippen MR) is 84.7 cm³/mol. The lowest BCUT2D eigenvalue weighted by molar-refractivity contribution is 0.489. The molecule has 0 spiro atoms. The molecule has 1 aliphatic rings. The van der Waals surface area contributed by atoms with Gasteiger partial charge in [-0.05, 0) is 13.3 Å². The van der Waals surface area contributed by atoms with Gasteiger partial charge in [0.1, 0.15) is 0 Å². The second kappa shape index (κ2) is 7.19. The number of amidine groups is 1. The van der Waals surface area contributed by atoms with Gasteiger partial charge < -0.3 is 4.90 Å². The zero-order valence-corrected chi connectivity index (χ0v) is 13.2. The maximum absolute atomic E-state index is 11.6. The number of nitrogens with zero attached hydrogens (tertiary/aromatic N) is 3. The Labute approximate surface area is 121 Å². The molecule has 0 aliphatic carbocycles. The van der Waals surface area contributed by atoms with Gasteiger partial charge in [-0.2, -0.15) is 0 Å². The molecular formula is C14H21N3O2S. The van der Waals surface area contributed by atoms with Crippen molar-refractivity contribution in [2.45, 2.75) is 20.3 Å². The molecule has 1 aliphatic heterocycles. The van der Waals surface area contributed by atoms with E-state index in [4.69, 9.17) is 0 Å². The van der Waals surface area contributed by atoms with E-state index < -0.39 is 9.84 Å². The standard InChI is InChI=1S/C14H21N3O2S/c1-5-6-7-15-14(20(4,18)19)16-9-13-8-12(2)10-17(3)11-13/h6-9,11H,5,10H2,1-4H3/b7-6+,15-14+,16-9+. The van der Waals surface area contributed by atoms with Crippen LogP contribution in [0.25, 0.3) is 0 Å². The van der Waals surface area contributed by atoms with Gasteiger partial charge >= 0.3 is 0 Å². The number of hydrogen-bond acceptors (Lipinski definition) is 4. The number of allylic oxidation sites excluding steroid dienone is 3. The van der Waals surface area contributed by atoms with Crippen molar-refractivity contribution in [1.82, 2.24) is 4.90 Å². The summed E-state index contributed by atoms with van der Waals surface area (Å²) >= 11 is 0. The summed E-state index contributed by atoms with van der Waals surface area (Å²) < 4.78 is 23.2. The average Bonchev–Trinajstić information content (AvgIpc) is 2.30. The molecule has 0 amide bonds. The topological polar surface area (TPSA) is 62.1 Å². The third-order valence-corrected chi connectivity index (χ3v) is 3.34. The summed E-state index contributed by atoms with van der Waals surface area (Å²) in [6, 6.07) is 0. The normalized spacial score (nSPS) is 17.8. The first-order valence-corrected chi connectivity index (χ1v) is 8.28. The van der Waals surface area contributed by atoms with E-state index in [1.807, 2.05) is 38.1 Å². The van der Waals surface area contributed by atoms with E-state index in [2.05, 4.69) is 9.98 Å². The molecule has 0 radical (unpaired) electrons. The molecule has 0 saturated heterocycles. The fraction of sp³-hybridized carbons (Fsp3) is 0.429. The Morgan fingerprint density at radius 1 is 1.50 bits per heavy atom. The molecule has 0 N–H and O–H groups in total. The van der Waals surface area contributed by atoms with Gasteiger partial charge in [-0.3, -0.25) is 0 Å². The molecule has 0 aromatic rings. The molecule has 0 aromatic carbocycles. The van der Waals surface area contributed by atoms with Crippen molar-refractivity contribution in [3.63, 3.8) is 0 Å². The molecule has 0 unspecified atom stereocenters. The van der Waals surface area contributed by atoms with Crippen molar-refractivity contribution in [3.05, 3.63) is 35.7 Å². The highest BCUT2D eigenvalue weighted by atomic mass is 32.2. The van der Waals surface area contributed by atoms with E-state index in [1.165, 1.54) is 18.0 Å². The van der Waals surface area contributed by atoms with Gasteiger partial charge in [0.15, 0.2) is 0 Å². The maximum Gasteiger partial charge on any atom is 0.246 e. The van der Waals surface area contributed by atoms with Crippen LogP contribution in [0.5, 0.6) is 0 Å². The summed E-state index contributed by atoms with van der Waals surface area (Å²) in [5, 5.41) is -0.178. The van der Waals surface area contributed by atoms with Gasteiger partial charge in [-0.15, -0.1) is 0 Å². The lowest BCUT2D eigenvalue weighted by atomic mass is 10.1. The molecule has 6 heteroatoms. The van der Waals surface area contributed by atoms with Crippen LogP contribution in [-0.2, 0) is 9.84 Å². The van der Waals surface area contributed by atoms with Crippen molar-refractivity contribution in [2.24, 2.45) is 9.98 Å². The minimum atomic E-state index is -3.43. The van der Waals surface area contributed by atoms with Gasteiger partial charge in [-0.1, -0.05) is 24.6 Å². The quantitative estimate of drug-likeness (QED) is 0.592. The predicted octanol–water partition coefficient (Wildman–Crippen LogP) is 2.16. The van der Waals surface area contributed by atoms with Crippen LogP contribution in [-0.4, -0.2) is 44.5 Å². The fourth-order valence-corrected chi connectivity index (χ4v) is 2.20. The number of hydrogen-bond donors (Lipinski definition) is 0. The molecule has 20 heavy (non-hydrogen) atoms. The summed E-state index contributed by atoms with van der Waals surface area (Å²) in [4.78, 5) is 9.92. The number of rotatable bonds is 3. The van der Waals surface area contributed by atoms with E-state index in [9.17, 15) is 8.42 Å². The fourth-order valence-electron chi connectivity index (χ4n) is 1.71. The van der Waals surface area contributed by atoms with Crippen LogP contribution in [0.15, 0.2) is 45.7 Å². The molecule has 0 aromatic heterocycles. The third kappa shape index (κ3) is 5.52. The molecule has 0 saturated carbocycles. The van der Waals surface area contributed by atoms with E-state index in [0.29, 0.717) is 0 Å². The lowest BCUT2D eigenvalue weighted by Crippen LogP contribution is -2.18. The van der Waals surface area contributed by atoms with Crippen LogP contribution in [0.3, 0.4) is 0 Å². The van der Waals surface area contributed by atoms with Gasteiger partial charge in [0.25, 0.3) is 0 Å². The first-order chi connectivity index (χ1) is 9.32.